The van der Waals surface area contributed by atoms with Crippen LogP contribution in [0, 0.1) is 0 Å². The highest BCUT2D eigenvalue weighted by Gasteiger charge is 2.02. The highest BCUT2D eigenvalue weighted by atomic mass is 16.5. The minimum atomic E-state index is 0.948. The number of allylic oxidation sites excluding steroid dienone is 2. The van der Waals surface area contributed by atoms with Crippen LogP contribution in [0.25, 0.3) is 5.57 Å². The first-order valence-corrected chi connectivity index (χ1v) is 7.15. The quantitative estimate of drug-likeness (QED) is 0.659. The molecule has 0 saturated heterocycles. The minimum absolute atomic E-state index is 0.948. The molecule has 0 spiro atoms. The lowest BCUT2D eigenvalue weighted by Gasteiger charge is -2.08. The number of hydrogen-bond acceptors (Lipinski definition) is 1. The summed E-state index contributed by atoms with van der Waals surface area (Å²) in [5, 5.41) is 0. The first-order valence-electron chi connectivity index (χ1n) is 7.15. The maximum absolute atomic E-state index is 5.40. The van der Waals surface area contributed by atoms with Gasteiger partial charge in [0.05, 0.1) is 7.11 Å². The Morgan fingerprint density at radius 1 is 1.00 bits per heavy atom. The predicted molar refractivity (Wildman–Crippen MR) is 86.0 cm³/mol. The van der Waals surface area contributed by atoms with E-state index in [2.05, 4.69) is 55.5 Å². The molecule has 0 N–H and O–H groups in total. The number of rotatable bonds is 6. The molecule has 0 fully saturated rings. The molecule has 2 aromatic carbocycles. The summed E-state index contributed by atoms with van der Waals surface area (Å²) in [4.78, 5) is 0. The molecule has 0 aliphatic carbocycles. The average molecular weight is 266 g/mol. The van der Waals surface area contributed by atoms with E-state index in [0.717, 1.165) is 18.6 Å². The number of benzene rings is 2. The molecule has 0 atom stereocenters. The van der Waals surface area contributed by atoms with Crippen molar-refractivity contribution in [2.75, 3.05) is 7.11 Å². The standard InChI is InChI=1S/C19H22O/c1-16(18-14-8-9-15-19(18)20-2)10-6-7-13-17-11-4-3-5-12-17/h3-5,8-12,14-15H,6-7,13H2,1-2H3/b16-10+. The fourth-order valence-corrected chi connectivity index (χ4v) is 2.35. The van der Waals surface area contributed by atoms with E-state index < -0.39 is 0 Å². The van der Waals surface area contributed by atoms with Crippen molar-refractivity contribution in [3.63, 3.8) is 0 Å². The van der Waals surface area contributed by atoms with E-state index >= 15 is 0 Å². The highest BCUT2D eigenvalue weighted by Crippen LogP contribution is 2.25. The molecule has 0 radical (unpaired) electrons. The number of unbranched alkanes of at least 4 members (excludes halogenated alkanes) is 1. The Morgan fingerprint density at radius 2 is 1.70 bits per heavy atom. The van der Waals surface area contributed by atoms with Crippen LogP contribution in [0.5, 0.6) is 5.75 Å². The molecule has 0 saturated carbocycles. The van der Waals surface area contributed by atoms with Crippen molar-refractivity contribution in [3.8, 4) is 5.75 Å². The third-order valence-electron chi connectivity index (χ3n) is 3.49. The van der Waals surface area contributed by atoms with Crippen molar-refractivity contribution in [3.05, 3.63) is 71.8 Å². The van der Waals surface area contributed by atoms with E-state index in [1.165, 1.54) is 23.1 Å². The van der Waals surface area contributed by atoms with Gasteiger partial charge in [-0.05, 0) is 43.4 Å². The van der Waals surface area contributed by atoms with Gasteiger partial charge in [0, 0.05) is 5.56 Å². The Kier molecular flexibility index (Phi) is 5.43. The van der Waals surface area contributed by atoms with E-state index in [9.17, 15) is 0 Å². The molecule has 2 aromatic rings. The Hall–Kier alpha value is -2.02. The number of para-hydroxylation sites is 1. The van der Waals surface area contributed by atoms with Crippen LogP contribution in [0.2, 0.25) is 0 Å². The van der Waals surface area contributed by atoms with E-state index in [4.69, 9.17) is 4.74 Å². The smallest absolute Gasteiger partial charge is 0.126 e. The number of aryl methyl sites for hydroxylation is 1. The first kappa shape index (κ1) is 14.4. The van der Waals surface area contributed by atoms with Crippen molar-refractivity contribution in [2.45, 2.75) is 26.2 Å². The highest BCUT2D eigenvalue weighted by molar-refractivity contribution is 5.68. The van der Waals surface area contributed by atoms with Gasteiger partial charge in [-0.15, -0.1) is 0 Å². The minimum Gasteiger partial charge on any atom is -0.496 e. The third-order valence-corrected chi connectivity index (χ3v) is 3.49. The maximum atomic E-state index is 5.40. The molecular weight excluding hydrogens is 244 g/mol. The van der Waals surface area contributed by atoms with Crippen LogP contribution < -0.4 is 4.74 Å². The molecule has 0 bridgehead atoms. The number of methoxy groups -OCH3 is 1. The van der Waals surface area contributed by atoms with Crippen LogP contribution >= 0.6 is 0 Å². The Bertz CT molecular complexity index is 555. The second-order valence-electron chi connectivity index (χ2n) is 4.97. The largest absolute Gasteiger partial charge is 0.496 e. The molecule has 0 heterocycles. The lowest BCUT2D eigenvalue weighted by atomic mass is 10.0. The molecule has 0 aliphatic heterocycles. The van der Waals surface area contributed by atoms with Crippen LogP contribution in [-0.2, 0) is 6.42 Å². The van der Waals surface area contributed by atoms with Gasteiger partial charge >= 0.3 is 0 Å². The molecule has 104 valence electrons. The van der Waals surface area contributed by atoms with Gasteiger partial charge in [-0.2, -0.15) is 0 Å². The monoisotopic (exact) mass is 266 g/mol. The van der Waals surface area contributed by atoms with Gasteiger partial charge in [0.25, 0.3) is 0 Å². The van der Waals surface area contributed by atoms with Crippen molar-refractivity contribution in [1.29, 1.82) is 0 Å². The fourth-order valence-electron chi connectivity index (χ4n) is 2.35. The zero-order chi connectivity index (χ0) is 14.2. The van der Waals surface area contributed by atoms with Crippen LogP contribution in [0.15, 0.2) is 60.7 Å². The maximum Gasteiger partial charge on any atom is 0.126 e. The Morgan fingerprint density at radius 3 is 2.45 bits per heavy atom. The zero-order valence-electron chi connectivity index (χ0n) is 12.3. The molecule has 2 rings (SSSR count). The van der Waals surface area contributed by atoms with Gasteiger partial charge < -0.3 is 4.74 Å². The van der Waals surface area contributed by atoms with Crippen LogP contribution in [0.1, 0.15) is 30.9 Å². The van der Waals surface area contributed by atoms with Gasteiger partial charge in [-0.3, -0.25) is 0 Å². The van der Waals surface area contributed by atoms with Gasteiger partial charge in [0.15, 0.2) is 0 Å². The lowest BCUT2D eigenvalue weighted by molar-refractivity contribution is 0.413. The van der Waals surface area contributed by atoms with Gasteiger partial charge in [-0.1, -0.05) is 54.6 Å². The average Bonchev–Trinajstić information content (AvgIpc) is 2.52. The summed E-state index contributed by atoms with van der Waals surface area (Å²) < 4.78 is 5.40. The van der Waals surface area contributed by atoms with Crippen LogP contribution in [0.4, 0.5) is 0 Å². The van der Waals surface area contributed by atoms with Crippen molar-refractivity contribution in [2.24, 2.45) is 0 Å². The molecule has 0 aromatic heterocycles. The summed E-state index contributed by atoms with van der Waals surface area (Å²) >= 11 is 0. The van der Waals surface area contributed by atoms with Crippen molar-refractivity contribution in [1.82, 2.24) is 0 Å². The summed E-state index contributed by atoms with van der Waals surface area (Å²) in [5.74, 6) is 0.948. The number of ether oxygens (including phenoxy) is 1. The molecule has 0 amide bonds. The summed E-state index contributed by atoms with van der Waals surface area (Å²) in [6.45, 7) is 2.15. The SMILES string of the molecule is COc1ccccc1/C(C)=C/CCCc1ccccc1. The summed E-state index contributed by atoms with van der Waals surface area (Å²) in [6, 6.07) is 18.8. The van der Waals surface area contributed by atoms with E-state index in [1.807, 2.05) is 12.1 Å². The molecule has 1 heteroatoms. The molecule has 20 heavy (non-hydrogen) atoms. The second-order valence-corrected chi connectivity index (χ2v) is 4.97. The topological polar surface area (TPSA) is 9.23 Å². The predicted octanol–water partition coefficient (Wildman–Crippen LogP) is 5.12. The van der Waals surface area contributed by atoms with Gasteiger partial charge in [0.2, 0.25) is 0 Å². The lowest BCUT2D eigenvalue weighted by Crippen LogP contribution is -1.89. The van der Waals surface area contributed by atoms with Crippen LogP contribution in [0.3, 0.4) is 0 Å². The third kappa shape index (κ3) is 3.99. The molecule has 0 unspecified atom stereocenters. The van der Waals surface area contributed by atoms with Gasteiger partial charge in [-0.25, -0.2) is 0 Å². The summed E-state index contributed by atoms with van der Waals surface area (Å²) in [6.07, 6.45) is 5.71. The first-order chi connectivity index (χ1) is 9.81. The van der Waals surface area contributed by atoms with E-state index in [0.29, 0.717) is 0 Å². The molecule has 1 nitrogen and oxygen atoms in total. The van der Waals surface area contributed by atoms with E-state index in [1.54, 1.807) is 7.11 Å². The summed E-state index contributed by atoms with van der Waals surface area (Å²) in [7, 11) is 1.72. The van der Waals surface area contributed by atoms with E-state index in [-0.39, 0.29) is 0 Å². The van der Waals surface area contributed by atoms with Gasteiger partial charge in [0.1, 0.15) is 5.75 Å². The van der Waals surface area contributed by atoms with Crippen molar-refractivity contribution < 1.29 is 4.74 Å². The Balaban J connectivity index is 1.91. The zero-order valence-corrected chi connectivity index (χ0v) is 12.3. The summed E-state index contributed by atoms with van der Waals surface area (Å²) in [5.41, 5.74) is 3.89. The molecular formula is C19H22O. The molecule has 0 aliphatic rings. The Labute approximate surface area is 121 Å². The number of hydrogen-bond donors (Lipinski definition) is 0. The normalized spacial score (nSPS) is 11.4. The van der Waals surface area contributed by atoms with Crippen LogP contribution in [-0.4, -0.2) is 7.11 Å². The van der Waals surface area contributed by atoms with Crippen molar-refractivity contribution >= 4 is 5.57 Å². The second kappa shape index (κ2) is 7.54. The fraction of sp³-hybridized carbons (Fsp3) is 0.263.